The molecule has 1 aromatic carbocycles. The standard InChI is InChI=1S/C17H25FN2O/c1-12(21)15-10-14(18)5-6-17(15)20-9-7-16-13(11-20)4-3-8-19(16)2/h5-6,10,12-13,16,21H,3-4,7-9,11H2,1-2H3/t12-,13?,16?/m0/s1. The van der Waals surface area contributed by atoms with Gasteiger partial charge in [-0.15, -0.1) is 0 Å². The summed E-state index contributed by atoms with van der Waals surface area (Å²) in [6, 6.07) is 5.48. The van der Waals surface area contributed by atoms with Crippen molar-refractivity contribution in [1.82, 2.24) is 4.90 Å². The first-order valence-corrected chi connectivity index (χ1v) is 7.99. The van der Waals surface area contributed by atoms with Crippen LogP contribution in [0, 0.1) is 11.7 Å². The molecule has 21 heavy (non-hydrogen) atoms. The average Bonchev–Trinajstić information content (AvgIpc) is 2.47. The Morgan fingerprint density at radius 3 is 2.86 bits per heavy atom. The molecular formula is C17H25FN2O. The highest BCUT2D eigenvalue weighted by Crippen LogP contribution is 2.35. The van der Waals surface area contributed by atoms with E-state index in [0.717, 1.165) is 25.2 Å². The zero-order chi connectivity index (χ0) is 15.0. The van der Waals surface area contributed by atoms with Crippen LogP contribution in [-0.2, 0) is 0 Å². The molecule has 0 aliphatic carbocycles. The molecule has 3 atom stereocenters. The normalized spacial score (nSPS) is 28.3. The molecule has 3 nitrogen and oxygen atoms in total. The quantitative estimate of drug-likeness (QED) is 0.908. The Morgan fingerprint density at radius 1 is 1.29 bits per heavy atom. The lowest BCUT2D eigenvalue weighted by Crippen LogP contribution is -2.52. The first kappa shape index (κ1) is 14.8. The molecule has 0 radical (unpaired) electrons. The number of hydrogen-bond acceptors (Lipinski definition) is 3. The van der Waals surface area contributed by atoms with Gasteiger partial charge in [-0.05, 0) is 63.9 Å². The minimum Gasteiger partial charge on any atom is -0.389 e. The summed E-state index contributed by atoms with van der Waals surface area (Å²) in [4.78, 5) is 4.83. The SMILES string of the molecule is C[C@H](O)c1cc(F)ccc1N1CCC2C(CCCN2C)C1. The van der Waals surface area contributed by atoms with Crippen molar-refractivity contribution in [2.75, 3.05) is 31.6 Å². The smallest absolute Gasteiger partial charge is 0.123 e. The minimum absolute atomic E-state index is 0.276. The van der Waals surface area contributed by atoms with Crippen LogP contribution in [0.5, 0.6) is 0 Å². The van der Waals surface area contributed by atoms with E-state index in [-0.39, 0.29) is 5.82 Å². The van der Waals surface area contributed by atoms with Gasteiger partial charge in [0.1, 0.15) is 5.82 Å². The van der Waals surface area contributed by atoms with Gasteiger partial charge in [-0.25, -0.2) is 4.39 Å². The predicted molar refractivity (Wildman–Crippen MR) is 83.0 cm³/mol. The Hall–Kier alpha value is -1.13. The third-order valence-electron chi connectivity index (χ3n) is 5.13. The number of anilines is 1. The van der Waals surface area contributed by atoms with Crippen LogP contribution in [0.15, 0.2) is 18.2 Å². The number of piperidine rings is 2. The summed E-state index contributed by atoms with van der Waals surface area (Å²) in [6.45, 7) is 4.91. The van der Waals surface area contributed by atoms with Gasteiger partial charge in [-0.2, -0.15) is 0 Å². The Morgan fingerprint density at radius 2 is 2.10 bits per heavy atom. The van der Waals surface area contributed by atoms with E-state index in [2.05, 4.69) is 16.8 Å². The molecule has 1 aromatic rings. The van der Waals surface area contributed by atoms with Gasteiger partial charge >= 0.3 is 0 Å². The lowest BCUT2D eigenvalue weighted by atomic mass is 9.84. The van der Waals surface area contributed by atoms with Crippen molar-refractivity contribution in [1.29, 1.82) is 0 Å². The van der Waals surface area contributed by atoms with E-state index >= 15 is 0 Å². The fraction of sp³-hybridized carbons (Fsp3) is 0.647. The van der Waals surface area contributed by atoms with Crippen molar-refractivity contribution in [3.8, 4) is 0 Å². The second kappa shape index (κ2) is 5.93. The highest BCUT2D eigenvalue weighted by molar-refractivity contribution is 5.55. The Bertz CT molecular complexity index is 506. The molecule has 4 heteroatoms. The number of hydrogen-bond donors (Lipinski definition) is 1. The molecule has 2 aliphatic heterocycles. The Balaban J connectivity index is 1.82. The van der Waals surface area contributed by atoms with Gasteiger partial charge < -0.3 is 14.9 Å². The van der Waals surface area contributed by atoms with Crippen LogP contribution < -0.4 is 4.90 Å². The lowest BCUT2D eigenvalue weighted by Gasteiger charge is -2.47. The fourth-order valence-electron chi connectivity index (χ4n) is 4.02. The average molecular weight is 292 g/mol. The summed E-state index contributed by atoms with van der Waals surface area (Å²) >= 11 is 0. The van der Waals surface area contributed by atoms with Gasteiger partial charge in [-0.3, -0.25) is 0 Å². The second-order valence-electron chi connectivity index (χ2n) is 6.56. The molecule has 3 rings (SSSR count). The largest absolute Gasteiger partial charge is 0.389 e. The van der Waals surface area contributed by atoms with Gasteiger partial charge in [0.05, 0.1) is 6.10 Å². The van der Waals surface area contributed by atoms with Crippen LogP contribution in [0.3, 0.4) is 0 Å². The molecule has 0 spiro atoms. The van der Waals surface area contributed by atoms with Crippen LogP contribution in [0.25, 0.3) is 0 Å². The van der Waals surface area contributed by atoms with E-state index in [1.807, 2.05) is 6.07 Å². The van der Waals surface area contributed by atoms with Crippen LogP contribution in [0.4, 0.5) is 10.1 Å². The van der Waals surface area contributed by atoms with Crippen LogP contribution in [-0.4, -0.2) is 42.7 Å². The molecular weight excluding hydrogens is 267 g/mol. The first-order chi connectivity index (χ1) is 10.1. The van der Waals surface area contributed by atoms with Gasteiger partial charge in [0.25, 0.3) is 0 Å². The molecule has 2 unspecified atom stereocenters. The van der Waals surface area contributed by atoms with Crippen LogP contribution in [0.1, 0.15) is 37.9 Å². The molecule has 2 heterocycles. The minimum atomic E-state index is -0.637. The summed E-state index contributed by atoms with van der Waals surface area (Å²) in [6.07, 6.45) is 3.05. The van der Waals surface area contributed by atoms with Crippen molar-refractivity contribution in [2.45, 2.75) is 38.3 Å². The maximum Gasteiger partial charge on any atom is 0.123 e. The van der Waals surface area contributed by atoms with E-state index in [9.17, 15) is 9.50 Å². The zero-order valence-electron chi connectivity index (χ0n) is 12.9. The van der Waals surface area contributed by atoms with Crippen molar-refractivity contribution in [3.63, 3.8) is 0 Å². The van der Waals surface area contributed by atoms with Crippen molar-refractivity contribution in [3.05, 3.63) is 29.6 Å². The maximum absolute atomic E-state index is 13.5. The van der Waals surface area contributed by atoms with E-state index in [1.165, 1.54) is 31.5 Å². The predicted octanol–water partition coefficient (Wildman–Crippen LogP) is 2.80. The highest BCUT2D eigenvalue weighted by Gasteiger charge is 2.34. The molecule has 2 fully saturated rings. The number of aliphatic hydroxyl groups excluding tert-OH is 1. The molecule has 0 saturated carbocycles. The number of nitrogens with zero attached hydrogens (tertiary/aromatic N) is 2. The molecule has 0 amide bonds. The lowest BCUT2D eigenvalue weighted by molar-refractivity contribution is 0.102. The highest BCUT2D eigenvalue weighted by atomic mass is 19.1. The second-order valence-corrected chi connectivity index (χ2v) is 6.56. The fourth-order valence-corrected chi connectivity index (χ4v) is 4.02. The summed E-state index contributed by atoms with van der Waals surface area (Å²) in [7, 11) is 2.23. The molecule has 116 valence electrons. The summed E-state index contributed by atoms with van der Waals surface area (Å²) < 4.78 is 13.5. The topological polar surface area (TPSA) is 26.7 Å². The first-order valence-electron chi connectivity index (χ1n) is 7.99. The summed E-state index contributed by atoms with van der Waals surface area (Å²) in [5.74, 6) is 0.409. The van der Waals surface area contributed by atoms with Crippen molar-refractivity contribution < 1.29 is 9.50 Å². The number of fused-ring (bicyclic) bond motifs is 1. The number of halogens is 1. The molecule has 2 aliphatic rings. The third kappa shape index (κ3) is 2.92. The van der Waals surface area contributed by atoms with E-state index in [1.54, 1.807) is 6.92 Å². The molecule has 1 N–H and O–H groups in total. The molecule has 0 aromatic heterocycles. The Labute approximate surface area is 126 Å². The van der Waals surface area contributed by atoms with Crippen LogP contribution in [0.2, 0.25) is 0 Å². The zero-order valence-corrected chi connectivity index (χ0v) is 12.9. The monoisotopic (exact) mass is 292 g/mol. The van der Waals surface area contributed by atoms with E-state index in [0.29, 0.717) is 17.5 Å². The maximum atomic E-state index is 13.5. The third-order valence-corrected chi connectivity index (χ3v) is 5.13. The summed E-state index contributed by atoms with van der Waals surface area (Å²) in [5.41, 5.74) is 1.70. The van der Waals surface area contributed by atoms with E-state index in [4.69, 9.17) is 0 Å². The van der Waals surface area contributed by atoms with Gasteiger partial charge in [0, 0.05) is 30.4 Å². The number of aliphatic hydroxyl groups is 1. The number of likely N-dealkylation sites (tertiary alicyclic amines) is 1. The summed E-state index contributed by atoms with van der Waals surface area (Å²) in [5, 5.41) is 9.93. The van der Waals surface area contributed by atoms with Gasteiger partial charge in [0.15, 0.2) is 0 Å². The van der Waals surface area contributed by atoms with Gasteiger partial charge in [-0.1, -0.05) is 0 Å². The molecule has 0 bridgehead atoms. The van der Waals surface area contributed by atoms with E-state index < -0.39 is 6.10 Å². The van der Waals surface area contributed by atoms with Crippen molar-refractivity contribution >= 4 is 5.69 Å². The number of rotatable bonds is 2. The Kier molecular flexibility index (Phi) is 4.18. The number of benzene rings is 1. The molecule has 2 saturated heterocycles. The van der Waals surface area contributed by atoms with Crippen molar-refractivity contribution in [2.24, 2.45) is 5.92 Å². The van der Waals surface area contributed by atoms with Crippen LogP contribution >= 0.6 is 0 Å². The van der Waals surface area contributed by atoms with Gasteiger partial charge in [0.2, 0.25) is 0 Å².